The second-order valence-electron chi connectivity index (χ2n) is 6.79. The third-order valence-electron chi connectivity index (χ3n) is 5.01. The average Bonchev–Trinajstić information content (AvgIpc) is 2.44. The lowest BCUT2D eigenvalue weighted by Gasteiger charge is -2.60. The van der Waals surface area contributed by atoms with Crippen LogP contribution >= 0.6 is 0 Å². The highest BCUT2D eigenvalue weighted by atomic mass is 19.2. The van der Waals surface area contributed by atoms with Crippen LogP contribution in [0.4, 0.5) is 14.5 Å². The van der Waals surface area contributed by atoms with E-state index in [-0.39, 0.29) is 0 Å². The zero-order valence-electron chi connectivity index (χ0n) is 12.3. The normalized spacial score (nSPS) is 19.8. The van der Waals surface area contributed by atoms with Crippen molar-refractivity contribution in [3.8, 4) is 0 Å². The third-order valence-corrected chi connectivity index (χ3v) is 5.01. The minimum Gasteiger partial charge on any atom is -0.370 e. The van der Waals surface area contributed by atoms with Crippen LogP contribution in [0.3, 0.4) is 0 Å². The van der Waals surface area contributed by atoms with Crippen molar-refractivity contribution in [1.82, 2.24) is 4.98 Å². The Bertz CT molecular complexity index is 673. The number of rotatable bonds is 3. The highest BCUT2D eigenvalue weighted by Crippen LogP contribution is 2.53. The van der Waals surface area contributed by atoms with Crippen LogP contribution < -0.4 is 4.90 Å². The molecule has 0 amide bonds. The Balaban J connectivity index is 1.32. The molecule has 0 radical (unpaired) electrons. The molecule has 22 heavy (non-hydrogen) atoms. The summed E-state index contributed by atoms with van der Waals surface area (Å²) in [6.45, 7) is 1.92. The van der Waals surface area contributed by atoms with Gasteiger partial charge in [0.2, 0.25) is 0 Å². The van der Waals surface area contributed by atoms with Crippen molar-refractivity contribution in [3.63, 3.8) is 0 Å². The van der Waals surface area contributed by atoms with Gasteiger partial charge in [-0.15, -0.1) is 0 Å². The fourth-order valence-corrected chi connectivity index (χ4v) is 4.05. The Hall–Kier alpha value is -1.97. The van der Waals surface area contributed by atoms with Crippen LogP contribution in [0.2, 0.25) is 0 Å². The Morgan fingerprint density at radius 3 is 2.64 bits per heavy atom. The van der Waals surface area contributed by atoms with Crippen molar-refractivity contribution in [2.75, 3.05) is 18.0 Å². The van der Waals surface area contributed by atoms with E-state index in [1.165, 1.54) is 30.5 Å². The third kappa shape index (κ3) is 2.36. The largest absolute Gasteiger partial charge is 0.370 e. The first-order valence-corrected chi connectivity index (χ1v) is 7.72. The summed E-state index contributed by atoms with van der Waals surface area (Å²) >= 11 is 0. The van der Waals surface area contributed by atoms with Gasteiger partial charge in [0.05, 0.1) is 0 Å². The smallest absolute Gasteiger partial charge is 0.160 e. The maximum absolute atomic E-state index is 13.3. The number of halogens is 2. The summed E-state index contributed by atoms with van der Waals surface area (Å²) in [4.78, 5) is 6.30. The highest BCUT2D eigenvalue weighted by Gasteiger charge is 2.52. The molecule has 114 valence electrons. The van der Waals surface area contributed by atoms with Gasteiger partial charge in [-0.1, -0.05) is 6.07 Å². The summed E-state index contributed by atoms with van der Waals surface area (Å²) in [6, 6.07) is 8.29. The van der Waals surface area contributed by atoms with Crippen LogP contribution in [0.15, 0.2) is 42.7 Å². The maximum Gasteiger partial charge on any atom is 0.160 e. The highest BCUT2D eigenvalue weighted by molar-refractivity contribution is 5.50. The number of pyridine rings is 1. The molecule has 1 aliphatic carbocycles. The molecule has 0 atom stereocenters. The molecule has 2 heterocycles. The number of hydrogen-bond acceptors (Lipinski definition) is 2. The van der Waals surface area contributed by atoms with E-state index in [0.717, 1.165) is 31.1 Å². The molecule has 1 aromatic carbocycles. The van der Waals surface area contributed by atoms with Crippen molar-refractivity contribution in [1.29, 1.82) is 0 Å². The molecule has 2 aliphatic rings. The van der Waals surface area contributed by atoms with E-state index in [2.05, 4.69) is 16.0 Å². The van der Waals surface area contributed by atoms with Crippen molar-refractivity contribution in [2.24, 2.45) is 11.3 Å². The fourth-order valence-electron chi connectivity index (χ4n) is 4.05. The summed E-state index contributed by atoms with van der Waals surface area (Å²) in [5.41, 5.74) is 2.50. The quantitative estimate of drug-likeness (QED) is 0.856. The maximum atomic E-state index is 13.3. The molecular weight excluding hydrogens is 282 g/mol. The summed E-state index contributed by atoms with van der Waals surface area (Å²) in [5.74, 6) is -0.808. The van der Waals surface area contributed by atoms with Crippen LogP contribution in [-0.4, -0.2) is 18.1 Å². The van der Waals surface area contributed by atoms with Crippen molar-refractivity contribution < 1.29 is 8.78 Å². The Labute approximate surface area is 128 Å². The summed E-state index contributed by atoms with van der Waals surface area (Å²) in [6.07, 6.45) is 7.29. The van der Waals surface area contributed by atoms with Gasteiger partial charge < -0.3 is 4.90 Å². The van der Waals surface area contributed by atoms with Crippen molar-refractivity contribution in [3.05, 3.63) is 59.9 Å². The zero-order chi connectivity index (χ0) is 15.2. The fraction of sp³-hybridized carbons (Fsp3) is 0.389. The van der Waals surface area contributed by atoms with Gasteiger partial charge in [-0.2, -0.15) is 0 Å². The van der Waals surface area contributed by atoms with Crippen LogP contribution in [0.1, 0.15) is 18.4 Å². The number of hydrogen-bond donors (Lipinski definition) is 0. The topological polar surface area (TPSA) is 16.1 Å². The van der Waals surface area contributed by atoms with Crippen molar-refractivity contribution >= 4 is 5.69 Å². The first-order chi connectivity index (χ1) is 10.6. The second kappa shape index (κ2) is 5.04. The lowest BCUT2D eigenvalue weighted by molar-refractivity contribution is 0.0239. The number of anilines is 1. The van der Waals surface area contributed by atoms with Gasteiger partial charge in [-0.05, 0) is 48.9 Å². The lowest BCUT2D eigenvalue weighted by Crippen LogP contribution is -2.62. The first-order valence-electron chi connectivity index (χ1n) is 7.72. The molecule has 4 rings (SSSR count). The van der Waals surface area contributed by atoms with E-state index in [1.807, 2.05) is 12.3 Å². The second-order valence-corrected chi connectivity index (χ2v) is 6.79. The molecule has 0 unspecified atom stereocenters. The molecule has 0 bridgehead atoms. The van der Waals surface area contributed by atoms with Gasteiger partial charge in [0.25, 0.3) is 0 Å². The first kappa shape index (κ1) is 13.7. The summed E-state index contributed by atoms with van der Waals surface area (Å²) < 4.78 is 26.3. The number of nitrogens with zero attached hydrogens (tertiary/aromatic N) is 2. The van der Waals surface area contributed by atoms with Gasteiger partial charge >= 0.3 is 0 Å². The molecule has 4 heteroatoms. The van der Waals surface area contributed by atoms with Gasteiger partial charge in [0, 0.05) is 42.7 Å². The molecule has 2 aromatic rings. The van der Waals surface area contributed by atoms with E-state index in [9.17, 15) is 8.78 Å². The minimum absolute atomic E-state index is 0.401. The monoisotopic (exact) mass is 300 g/mol. The van der Waals surface area contributed by atoms with E-state index in [1.54, 1.807) is 12.3 Å². The van der Waals surface area contributed by atoms with Crippen LogP contribution in [0.5, 0.6) is 0 Å². The molecular formula is C18H18F2N2. The molecule has 0 N–H and O–H groups in total. The predicted molar refractivity (Wildman–Crippen MR) is 81.7 cm³/mol. The number of benzene rings is 1. The van der Waals surface area contributed by atoms with E-state index in [0.29, 0.717) is 5.41 Å². The molecule has 1 saturated heterocycles. The van der Waals surface area contributed by atoms with Gasteiger partial charge in [-0.25, -0.2) is 8.78 Å². The van der Waals surface area contributed by atoms with E-state index in [4.69, 9.17) is 0 Å². The SMILES string of the molecule is Fc1ccc(N2CC3(CC(Cc4cccnc4)C3)C2)cc1F. The van der Waals surface area contributed by atoms with Crippen LogP contribution in [-0.2, 0) is 6.42 Å². The Morgan fingerprint density at radius 2 is 1.95 bits per heavy atom. The van der Waals surface area contributed by atoms with Gasteiger partial charge in [-0.3, -0.25) is 4.98 Å². The van der Waals surface area contributed by atoms with E-state index < -0.39 is 11.6 Å². The molecule has 2 nitrogen and oxygen atoms in total. The minimum atomic E-state index is -0.779. The Kier molecular flexibility index (Phi) is 3.13. The summed E-state index contributed by atoms with van der Waals surface area (Å²) in [7, 11) is 0. The van der Waals surface area contributed by atoms with Gasteiger partial charge in [0.1, 0.15) is 0 Å². The molecule has 1 saturated carbocycles. The van der Waals surface area contributed by atoms with Gasteiger partial charge in [0.15, 0.2) is 11.6 Å². The zero-order valence-corrected chi connectivity index (χ0v) is 12.3. The molecule has 1 spiro atoms. The van der Waals surface area contributed by atoms with Crippen LogP contribution in [0.25, 0.3) is 0 Å². The average molecular weight is 300 g/mol. The molecule has 2 fully saturated rings. The van der Waals surface area contributed by atoms with Crippen molar-refractivity contribution in [2.45, 2.75) is 19.3 Å². The Morgan fingerprint density at radius 1 is 1.14 bits per heavy atom. The summed E-state index contributed by atoms with van der Waals surface area (Å²) in [5, 5.41) is 0. The molecule has 1 aromatic heterocycles. The van der Waals surface area contributed by atoms with Crippen LogP contribution in [0, 0.1) is 23.0 Å². The predicted octanol–water partition coefficient (Wildman–Crippen LogP) is 3.82. The standard InChI is InChI=1S/C18H18F2N2/c19-16-4-3-15(7-17(16)20)22-11-18(12-22)8-14(9-18)6-13-2-1-5-21-10-13/h1-5,7,10,14H,6,8-9,11-12H2. The number of aromatic nitrogens is 1. The lowest BCUT2D eigenvalue weighted by atomic mass is 9.56. The molecule has 1 aliphatic heterocycles. The van der Waals surface area contributed by atoms with E-state index >= 15 is 0 Å².